The normalized spacial score (nSPS) is 14.0. The Bertz CT molecular complexity index is 524. The van der Waals surface area contributed by atoms with Gasteiger partial charge in [-0.3, -0.25) is 4.68 Å². The summed E-state index contributed by atoms with van der Waals surface area (Å²) < 4.78 is 8.00. The van der Waals surface area contributed by atoms with Gasteiger partial charge in [-0.2, -0.15) is 5.10 Å². The molecule has 2 rings (SSSR count). The number of benzene rings is 1. The summed E-state index contributed by atoms with van der Waals surface area (Å²) in [5.74, 6) is 0. The molecule has 0 bridgehead atoms. The fourth-order valence-corrected chi connectivity index (χ4v) is 2.59. The third kappa shape index (κ3) is 3.93. The predicted octanol–water partition coefficient (Wildman–Crippen LogP) is 3.33. The van der Waals surface area contributed by atoms with Crippen LogP contribution in [0.2, 0.25) is 0 Å². The molecule has 0 aliphatic carbocycles. The third-order valence-corrected chi connectivity index (χ3v) is 3.55. The zero-order chi connectivity index (χ0) is 15.1. The fourth-order valence-electron chi connectivity index (χ4n) is 2.59. The van der Waals surface area contributed by atoms with Crippen molar-refractivity contribution in [3.8, 4) is 0 Å². The zero-order valence-electron chi connectivity index (χ0n) is 13.1. The number of hydrogen-bond donors (Lipinski definition) is 1. The average molecular weight is 287 g/mol. The van der Waals surface area contributed by atoms with Crippen molar-refractivity contribution in [2.24, 2.45) is 0 Å². The van der Waals surface area contributed by atoms with Gasteiger partial charge in [0, 0.05) is 24.9 Å². The van der Waals surface area contributed by atoms with Gasteiger partial charge in [-0.05, 0) is 26.0 Å². The minimum absolute atomic E-state index is 0.0134. The highest BCUT2D eigenvalue weighted by atomic mass is 16.5. The van der Waals surface area contributed by atoms with E-state index in [0.717, 1.165) is 18.5 Å². The second kappa shape index (κ2) is 7.96. The maximum Gasteiger partial charge on any atom is 0.102 e. The largest absolute Gasteiger partial charge is 0.372 e. The molecule has 2 aromatic rings. The molecule has 0 saturated carbocycles. The van der Waals surface area contributed by atoms with Crippen LogP contribution < -0.4 is 5.32 Å². The van der Waals surface area contributed by atoms with Crippen LogP contribution in [0.5, 0.6) is 0 Å². The first-order valence-electron chi connectivity index (χ1n) is 7.66. The Hall–Kier alpha value is -1.65. The quantitative estimate of drug-likeness (QED) is 0.809. The van der Waals surface area contributed by atoms with E-state index < -0.39 is 0 Å². The van der Waals surface area contributed by atoms with Crippen LogP contribution in [0.15, 0.2) is 42.7 Å². The number of rotatable bonds is 8. The van der Waals surface area contributed by atoms with Crippen molar-refractivity contribution in [1.29, 1.82) is 0 Å². The summed E-state index contributed by atoms with van der Waals surface area (Å²) in [5, 5.41) is 7.81. The second-order valence-electron chi connectivity index (χ2n) is 5.09. The van der Waals surface area contributed by atoms with E-state index in [0.29, 0.717) is 6.61 Å². The van der Waals surface area contributed by atoms with Gasteiger partial charge in [-0.1, -0.05) is 37.3 Å². The highest BCUT2D eigenvalue weighted by Crippen LogP contribution is 2.31. The lowest BCUT2D eigenvalue weighted by atomic mass is 9.98. The average Bonchev–Trinajstić information content (AvgIpc) is 2.97. The maximum atomic E-state index is 6.01. The third-order valence-electron chi connectivity index (χ3n) is 3.55. The standard InChI is InChI=1S/C17H25N3O/c1-4-11-20-13-15(12-19-20)16(18-3)17(21-5-2)14-9-7-6-8-10-14/h6-10,12-13,16-18H,4-5,11H2,1-3H3. The molecule has 114 valence electrons. The molecular weight excluding hydrogens is 262 g/mol. The molecule has 0 aliphatic heterocycles. The van der Waals surface area contributed by atoms with Crippen molar-refractivity contribution in [2.75, 3.05) is 13.7 Å². The molecular formula is C17H25N3O. The van der Waals surface area contributed by atoms with E-state index in [-0.39, 0.29) is 12.1 Å². The summed E-state index contributed by atoms with van der Waals surface area (Å²) in [6.45, 7) is 5.81. The molecule has 4 nitrogen and oxygen atoms in total. The van der Waals surface area contributed by atoms with E-state index in [1.165, 1.54) is 5.56 Å². The molecule has 1 aromatic carbocycles. The van der Waals surface area contributed by atoms with E-state index >= 15 is 0 Å². The number of hydrogen-bond acceptors (Lipinski definition) is 3. The van der Waals surface area contributed by atoms with Gasteiger partial charge in [0.1, 0.15) is 6.10 Å². The molecule has 1 N–H and O–H groups in total. The number of likely N-dealkylation sites (N-methyl/N-ethyl adjacent to an activating group) is 1. The lowest BCUT2D eigenvalue weighted by Gasteiger charge is -2.26. The highest BCUT2D eigenvalue weighted by molar-refractivity contribution is 5.23. The van der Waals surface area contributed by atoms with E-state index in [4.69, 9.17) is 4.74 Å². The summed E-state index contributed by atoms with van der Waals surface area (Å²) in [5.41, 5.74) is 2.34. The topological polar surface area (TPSA) is 39.1 Å². The smallest absolute Gasteiger partial charge is 0.102 e. The molecule has 4 heteroatoms. The Kier molecular flexibility index (Phi) is 5.96. The molecule has 2 atom stereocenters. The Morgan fingerprint density at radius 2 is 1.95 bits per heavy atom. The molecule has 0 saturated heterocycles. The number of nitrogens with zero attached hydrogens (tertiary/aromatic N) is 2. The minimum Gasteiger partial charge on any atom is -0.372 e. The summed E-state index contributed by atoms with van der Waals surface area (Å²) in [6.07, 6.45) is 5.12. The van der Waals surface area contributed by atoms with E-state index in [1.807, 2.05) is 30.9 Å². The molecule has 0 aliphatic rings. The van der Waals surface area contributed by atoms with E-state index in [1.54, 1.807) is 0 Å². The fraction of sp³-hybridized carbons (Fsp3) is 0.471. The van der Waals surface area contributed by atoms with Crippen LogP contribution in [-0.2, 0) is 11.3 Å². The van der Waals surface area contributed by atoms with Gasteiger partial charge in [0.05, 0.1) is 12.2 Å². The number of ether oxygens (including phenoxy) is 1. The van der Waals surface area contributed by atoms with E-state index in [2.05, 4.69) is 47.8 Å². The lowest BCUT2D eigenvalue weighted by Crippen LogP contribution is -2.25. The van der Waals surface area contributed by atoms with Gasteiger partial charge < -0.3 is 10.1 Å². The van der Waals surface area contributed by atoms with Crippen molar-refractivity contribution in [3.63, 3.8) is 0 Å². The van der Waals surface area contributed by atoms with Crippen LogP contribution in [0.3, 0.4) is 0 Å². The molecule has 2 unspecified atom stereocenters. The van der Waals surface area contributed by atoms with Crippen LogP contribution in [0.1, 0.15) is 43.5 Å². The van der Waals surface area contributed by atoms with Gasteiger partial charge in [0.15, 0.2) is 0 Å². The monoisotopic (exact) mass is 287 g/mol. The van der Waals surface area contributed by atoms with Crippen molar-refractivity contribution in [2.45, 2.75) is 39.0 Å². The first-order valence-corrected chi connectivity index (χ1v) is 7.66. The summed E-state index contributed by atoms with van der Waals surface area (Å²) >= 11 is 0. The van der Waals surface area contributed by atoms with Crippen LogP contribution in [0.25, 0.3) is 0 Å². The number of nitrogens with one attached hydrogen (secondary N) is 1. The number of aryl methyl sites for hydroxylation is 1. The molecule has 1 aromatic heterocycles. The Balaban J connectivity index is 2.26. The molecule has 0 amide bonds. The molecule has 0 spiro atoms. The Morgan fingerprint density at radius 3 is 2.57 bits per heavy atom. The Labute approximate surface area is 127 Å². The first-order chi connectivity index (χ1) is 10.3. The van der Waals surface area contributed by atoms with Crippen LogP contribution in [-0.4, -0.2) is 23.4 Å². The first kappa shape index (κ1) is 15.7. The van der Waals surface area contributed by atoms with Gasteiger partial charge >= 0.3 is 0 Å². The van der Waals surface area contributed by atoms with Gasteiger partial charge in [-0.15, -0.1) is 0 Å². The van der Waals surface area contributed by atoms with E-state index in [9.17, 15) is 0 Å². The predicted molar refractivity (Wildman–Crippen MR) is 85.1 cm³/mol. The Morgan fingerprint density at radius 1 is 1.19 bits per heavy atom. The van der Waals surface area contributed by atoms with Crippen molar-refractivity contribution < 1.29 is 4.74 Å². The molecule has 0 radical (unpaired) electrons. The highest BCUT2D eigenvalue weighted by Gasteiger charge is 2.25. The number of aromatic nitrogens is 2. The molecule has 1 heterocycles. The molecule has 0 fully saturated rings. The van der Waals surface area contributed by atoms with Crippen LogP contribution >= 0.6 is 0 Å². The minimum atomic E-state index is -0.0134. The van der Waals surface area contributed by atoms with Gasteiger partial charge in [0.2, 0.25) is 0 Å². The van der Waals surface area contributed by atoms with Crippen molar-refractivity contribution >= 4 is 0 Å². The van der Waals surface area contributed by atoms with Crippen LogP contribution in [0, 0.1) is 0 Å². The zero-order valence-corrected chi connectivity index (χ0v) is 13.1. The summed E-state index contributed by atoms with van der Waals surface area (Å²) in [6, 6.07) is 10.4. The maximum absolute atomic E-state index is 6.01. The second-order valence-corrected chi connectivity index (χ2v) is 5.09. The van der Waals surface area contributed by atoms with Crippen LogP contribution in [0.4, 0.5) is 0 Å². The van der Waals surface area contributed by atoms with Crippen molar-refractivity contribution in [1.82, 2.24) is 15.1 Å². The summed E-state index contributed by atoms with van der Waals surface area (Å²) in [7, 11) is 1.97. The SMILES string of the molecule is CCCn1cc(C(NC)C(OCC)c2ccccc2)cn1. The molecule has 21 heavy (non-hydrogen) atoms. The van der Waals surface area contributed by atoms with Gasteiger partial charge in [-0.25, -0.2) is 0 Å². The van der Waals surface area contributed by atoms with Gasteiger partial charge in [0.25, 0.3) is 0 Å². The lowest BCUT2D eigenvalue weighted by molar-refractivity contribution is 0.0347. The van der Waals surface area contributed by atoms with Crippen molar-refractivity contribution in [3.05, 3.63) is 53.9 Å². The summed E-state index contributed by atoms with van der Waals surface area (Å²) in [4.78, 5) is 0.